The van der Waals surface area contributed by atoms with E-state index in [2.05, 4.69) is 168 Å². The van der Waals surface area contributed by atoms with E-state index < -0.39 is 0 Å². The fourth-order valence-electron chi connectivity index (χ4n) is 8.17. The van der Waals surface area contributed by atoms with Crippen LogP contribution in [0.4, 0.5) is 17.1 Å². The van der Waals surface area contributed by atoms with Crippen molar-refractivity contribution in [2.75, 3.05) is 4.90 Å². The molecule has 11 aromatic rings. The van der Waals surface area contributed by atoms with Gasteiger partial charge in [-0.3, -0.25) is 4.98 Å². The summed E-state index contributed by atoms with van der Waals surface area (Å²) in [4.78, 5) is 6.72. The second kappa shape index (κ2) is 12.6. The molecule has 0 radical (unpaired) electrons. The van der Waals surface area contributed by atoms with Crippen molar-refractivity contribution in [3.05, 3.63) is 194 Å². The van der Waals surface area contributed by atoms with Crippen LogP contribution in [-0.2, 0) is 0 Å². The second-order valence-electron chi connectivity index (χ2n) is 13.9. The van der Waals surface area contributed by atoms with Crippen molar-refractivity contribution in [3.63, 3.8) is 0 Å². The van der Waals surface area contributed by atoms with Gasteiger partial charge in [-0.15, -0.1) is 0 Å². The first-order valence-electron chi connectivity index (χ1n) is 18.5. The van der Waals surface area contributed by atoms with Crippen LogP contribution in [0, 0.1) is 0 Å². The molecule has 0 atom stereocenters. The van der Waals surface area contributed by atoms with E-state index in [1.165, 1.54) is 16.5 Å². The van der Waals surface area contributed by atoms with E-state index >= 15 is 0 Å². The largest absolute Gasteiger partial charge is 0.456 e. The van der Waals surface area contributed by atoms with E-state index in [0.29, 0.717) is 0 Å². The van der Waals surface area contributed by atoms with Crippen LogP contribution in [0.3, 0.4) is 0 Å². The Morgan fingerprint density at radius 1 is 0.382 bits per heavy atom. The zero-order chi connectivity index (χ0) is 36.3. The van der Waals surface area contributed by atoms with E-state index in [1.54, 1.807) is 0 Å². The van der Waals surface area contributed by atoms with Crippen molar-refractivity contribution >= 4 is 71.7 Å². The number of furan rings is 2. The third-order valence-corrected chi connectivity index (χ3v) is 10.8. The van der Waals surface area contributed by atoms with Crippen molar-refractivity contribution in [3.8, 4) is 33.4 Å². The van der Waals surface area contributed by atoms with Crippen LogP contribution in [0.2, 0.25) is 0 Å². The average Bonchev–Trinajstić information content (AvgIpc) is 3.84. The molecular weight excluding hydrogens is 673 g/mol. The highest BCUT2D eigenvalue weighted by Crippen LogP contribution is 2.45. The number of pyridine rings is 1. The molecule has 3 aromatic heterocycles. The standard InChI is InChI=1S/C51H32N2O2/c1-2-10-33(11-3-1)34-19-23-38(24-20-34)53(40-27-28-44-43-15-6-7-17-46(43)54-48(44)31-40)39-25-21-35(22-26-39)45-30-36-12-4-5-14-41(36)50-49-42(37-13-9-29-52-32-37)16-8-18-47(49)55-51(45)50/h1-32H. The SMILES string of the molecule is c1ccc(-c2ccc(N(c3ccc(-c4cc5ccccc5c5c4oc4cccc(-c6cccnc6)c45)cc3)c3ccc4c(c3)oc3ccccc34)cc2)cc1. The van der Waals surface area contributed by atoms with Gasteiger partial charge >= 0.3 is 0 Å². The van der Waals surface area contributed by atoms with Gasteiger partial charge in [0.2, 0.25) is 0 Å². The first kappa shape index (κ1) is 31.1. The van der Waals surface area contributed by atoms with Gasteiger partial charge in [-0.05, 0) is 93.7 Å². The highest BCUT2D eigenvalue weighted by Gasteiger charge is 2.21. The fourth-order valence-corrected chi connectivity index (χ4v) is 8.17. The summed E-state index contributed by atoms with van der Waals surface area (Å²) in [6.45, 7) is 0. The van der Waals surface area contributed by atoms with Gasteiger partial charge in [-0.2, -0.15) is 0 Å². The molecule has 4 heteroatoms. The molecule has 55 heavy (non-hydrogen) atoms. The predicted molar refractivity (Wildman–Crippen MR) is 227 cm³/mol. The van der Waals surface area contributed by atoms with Gasteiger partial charge in [0.25, 0.3) is 0 Å². The zero-order valence-corrected chi connectivity index (χ0v) is 29.7. The van der Waals surface area contributed by atoms with Crippen LogP contribution in [0.1, 0.15) is 0 Å². The molecule has 11 rings (SSSR count). The van der Waals surface area contributed by atoms with Gasteiger partial charge < -0.3 is 13.7 Å². The Bertz CT molecular complexity index is 3180. The van der Waals surface area contributed by atoms with Crippen molar-refractivity contribution in [2.45, 2.75) is 0 Å². The topological polar surface area (TPSA) is 42.4 Å². The van der Waals surface area contributed by atoms with Crippen molar-refractivity contribution in [1.82, 2.24) is 4.98 Å². The van der Waals surface area contributed by atoms with E-state index in [4.69, 9.17) is 8.83 Å². The Hall–Kier alpha value is -7.43. The molecular formula is C51H32N2O2. The molecule has 0 saturated carbocycles. The summed E-state index contributed by atoms with van der Waals surface area (Å²) >= 11 is 0. The number of fused-ring (bicyclic) bond motifs is 8. The first-order chi connectivity index (χ1) is 27.3. The summed E-state index contributed by atoms with van der Waals surface area (Å²) in [7, 11) is 0. The number of nitrogens with zero attached hydrogens (tertiary/aromatic N) is 2. The lowest BCUT2D eigenvalue weighted by Gasteiger charge is -2.26. The first-order valence-corrected chi connectivity index (χ1v) is 18.5. The maximum absolute atomic E-state index is 6.80. The van der Waals surface area contributed by atoms with E-state index in [-0.39, 0.29) is 0 Å². The molecule has 3 heterocycles. The molecule has 0 aliphatic heterocycles. The maximum Gasteiger partial charge on any atom is 0.143 e. The van der Waals surface area contributed by atoms with Gasteiger partial charge in [-0.1, -0.05) is 115 Å². The number of hydrogen-bond acceptors (Lipinski definition) is 4. The van der Waals surface area contributed by atoms with Crippen LogP contribution < -0.4 is 4.90 Å². The van der Waals surface area contributed by atoms with Gasteiger partial charge in [-0.25, -0.2) is 0 Å². The summed E-state index contributed by atoms with van der Waals surface area (Å²) in [5.74, 6) is 0. The minimum absolute atomic E-state index is 0.857. The fraction of sp³-hybridized carbons (Fsp3) is 0. The number of hydrogen-bond donors (Lipinski definition) is 0. The Kier molecular flexibility index (Phi) is 7.14. The summed E-state index contributed by atoms with van der Waals surface area (Å²) in [6.07, 6.45) is 3.73. The highest BCUT2D eigenvalue weighted by molar-refractivity contribution is 6.25. The molecule has 4 nitrogen and oxygen atoms in total. The molecule has 0 unspecified atom stereocenters. The Balaban J connectivity index is 1.07. The smallest absolute Gasteiger partial charge is 0.143 e. The zero-order valence-electron chi connectivity index (χ0n) is 29.7. The van der Waals surface area contributed by atoms with Gasteiger partial charge in [0, 0.05) is 68.2 Å². The lowest BCUT2D eigenvalue weighted by molar-refractivity contribution is 0.669. The monoisotopic (exact) mass is 704 g/mol. The van der Waals surface area contributed by atoms with E-state index in [1.807, 2.05) is 36.7 Å². The Morgan fingerprint density at radius 3 is 1.84 bits per heavy atom. The van der Waals surface area contributed by atoms with Gasteiger partial charge in [0.05, 0.1) is 0 Å². The van der Waals surface area contributed by atoms with Crippen LogP contribution in [-0.4, -0.2) is 4.98 Å². The predicted octanol–water partition coefficient (Wildman–Crippen LogP) is 14.5. The van der Waals surface area contributed by atoms with Crippen molar-refractivity contribution in [1.29, 1.82) is 0 Å². The molecule has 0 fully saturated rings. The van der Waals surface area contributed by atoms with E-state index in [0.717, 1.165) is 88.6 Å². The van der Waals surface area contributed by atoms with Crippen LogP contribution in [0.15, 0.2) is 203 Å². The van der Waals surface area contributed by atoms with Crippen LogP contribution >= 0.6 is 0 Å². The number of aromatic nitrogens is 1. The molecule has 0 aliphatic carbocycles. The van der Waals surface area contributed by atoms with Crippen LogP contribution in [0.25, 0.3) is 88.0 Å². The van der Waals surface area contributed by atoms with E-state index in [9.17, 15) is 0 Å². The Labute approximate surface area is 317 Å². The lowest BCUT2D eigenvalue weighted by Crippen LogP contribution is -2.09. The average molecular weight is 705 g/mol. The minimum atomic E-state index is 0.857. The summed E-state index contributed by atoms with van der Waals surface area (Å²) < 4.78 is 13.2. The number of rotatable bonds is 6. The number of para-hydroxylation sites is 1. The quantitative estimate of drug-likeness (QED) is 0.173. The van der Waals surface area contributed by atoms with Gasteiger partial charge in [0.15, 0.2) is 0 Å². The molecule has 0 bridgehead atoms. The number of benzene rings is 8. The lowest BCUT2D eigenvalue weighted by atomic mass is 9.93. The summed E-state index contributed by atoms with van der Waals surface area (Å²) in [6, 6.07) is 64.0. The third kappa shape index (κ3) is 5.19. The van der Waals surface area contributed by atoms with Crippen molar-refractivity contribution < 1.29 is 8.83 Å². The molecule has 0 spiro atoms. The highest BCUT2D eigenvalue weighted by atomic mass is 16.3. The van der Waals surface area contributed by atoms with Crippen LogP contribution in [0.5, 0.6) is 0 Å². The normalized spacial score (nSPS) is 11.6. The van der Waals surface area contributed by atoms with Gasteiger partial charge in [0.1, 0.15) is 22.3 Å². The second-order valence-corrected chi connectivity index (χ2v) is 13.9. The third-order valence-electron chi connectivity index (χ3n) is 10.8. The van der Waals surface area contributed by atoms with Crippen molar-refractivity contribution in [2.24, 2.45) is 0 Å². The Morgan fingerprint density at radius 2 is 1.04 bits per heavy atom. The molecule has 0 amide bonds. The maximum atomic E-state index is 6.80. The number of anilines is 3. The molecule has 8 aromatic carbocycles. The molecule has 0 saturated heterocycles. The molecule has 0 N–H and O–H groups in total. The summed E-state index contributed by atoms with van der Waals surface area (Å²) in [5, 5.41) is 6.77. The summed E-state index contributed by atoms with van der Waals surface area (Å²) in [5.41, 5.74) is 13.2. The molecule has 0 aliphatic rings. The molecule has 258 valence electrons. The minimum Gasteiger partial charge on any atom is -0.456 e.